The van der Waals surface area contributed by atoms with E-state index < -0.39 is 17.1 Å². The lowest BCUT2D eigenvalue weighted by Crippen LogP contribution is -2.33. The Labute approximate surface area is 308 Å². The van der Waals surface area contributed by atoms with Crippen LogP contribution >= 0.6 is 35.0 Å². The van der Waals surface area contributed by atoms with Gasteiger partial charge in [-0.25, -0.2) is 0 Å². The Hall–Kier alpha value is -5.68. The van der Waals surface area contributed by atoms with Crippen LogP contribution < -0.4 is 21.0 Å². The molecule has 0 radical (unpaired) electrons. The first-order chi connectivity index (χ1) is 24.7. The van der Waals surface area contributed by atoms with Crippen LogP contribution in [0.15, 0.2) is 149 Å². The van der Waals surface area contributed by atoms with Gasteiger partial charge < -0.3 is 16.0 Å². The van der Waals surface area contributed by atoms with E-state index in [-0.39, 0.29) is 29.8 Å². The number of carbonyl (C=O) groups is 4. The van der Waals surface area contributed by atoms with Crippen molar-refractivity contribution in [1.82, 2.24) is 10.6 Å². The van der Waals surface area contributed by atoms with Crippen molar-refractivity contribution in [2.75, 3.05) is 10.3 Å². The van der Waals surface area contributed by atoms with E-state index in [2.05, 4.69) is 21.1 Å². The number of amidine groups is 1. The number of hydrogen-bond acceptors (Lipinski definition) is 6. The molecule has 1 heterocycles. The average molecular weight is 735 g/mol. The van der Waals surface area contributed by atoms with Crippen molar-refractivity contribution in [2.45, 2.75) is 16.6 Å². The second kappa shape index (κ2) is 16.4. The number of benzene rings is 5. The average Bonchev–Trinajstić information content (AvgIpc) is 3.52. The van der Waals surface area contributed by atoms with Gasteiger partial charge in [0.05, 0.1) is 12.1 Å². The smallest absolute Gasteiger partial charge is 0.272 e. The third kappa shape index (κ3) is 8.92. The Morgan fingerprint density at radius 3 is 2.08 bits per heavy atom. The first-order valence-electron chi connectivity index (χ1n) is 15.7. The molecule has 0 aromatic heterocycles. The van der Waals surface area contributed by atoms with Crippen molar-refractivity contribution < 1.29 is 19.2 Å². The minimum absolute atomic E-state index is 0.0512. The monoisotopic (exact) mass is 733 g/mol. The minimum atomic E-state index is -0.733. The zero-order valence-corrected chi connectivity index (χ0v) is 29.1. The summed E-state index contributed by atoms with van der Waals surface area (Å²) < 4.78 is 0. The standard InChI is InChI=1S/C39H29Cl2N5O4S/c40-31-20-11-21-32(41)30(31)23-33(43-37(48)26-14-6-2-7-15-26)38(49)42-27-16-10-19-29(22-27)51-36(25-12-4-1-5-13-25)39(50)44-34-24-35(47)46(45-34)28-17-8-3-9-18-28/h1-23,36H,24H2,(H,42,49)(H,43,48)(H,44,45,50)/b33-23+. The van der Waals surface area contributed by atoms with Crippen LogP contribution in [0.3, 0.4) is 0 Å². The minimum Gasteiger partial charge on any atom is -0.321 e. The SMILES string of the molecule is O=C(Nc1cccc(SC(C(=O)NC2=NN(c3ccccc3)C(=O)C2)c2ccccc2)c1)/C(=C\c1c(Cl)cccc1Cl)NC(=O)c1ccccc1. The molecule has 0 saturated carbocycles. The van der Waals surface area contributed by atoms with Crippen LogP contribution in [0.5, 0.6) is 0 Å². The summed E-state index contributed by atoms with van der Waals surface area (Å²) in [7, 11) is 0. The van der Waals surface area contributed by atoms with Gasteiger partial charge in [-0.15, -0.1) is 11.8 Å². The summed E-state index contributed by atoms with van der Waals surface area (Å²) >= 11 is 14.1. The molecule has 0 aliphatic carbocycles. The molecule has 0 spiro atoms. The van der Waals surface area contributed by atoms with Crippen LogP contribution in [0, 0.1) is 0 Å². The van der Waals surface area contributed by atoms with Gasteiger partial charge in [0.2, 0.25) is 5.91 Å². The number of hydrazone groups is 1. The fourth-order valence-corrected chi connectivity index (χ4v) is 6.69. The van der Waals surface area contributed by atoms with Crippen LogP contribution in [-0.2, 0) is 14.4 Å². The van der Waals surface area contributed by atoms with E-state index in [0.717, 1.165) is 5.56 Å². The quantitative estimate of drug-likeness (QED) is 0.0990. The highest BCUT2D eigenvalue weighted by molar-refractivity contribution is 8.00. The number of anilines is 2. The number of nitrogens with zero attached hydrogens (tertiary/aromatic N) is 2. The number of rotatable bonds is 10. The molecule has 3 N–H and O–H groups in total. The number of carbonyl (C=O) groups excluding carboxylic acids is 4. The highest BCUT2D eigenvalue weighted by atomic mass is 35.5. The van der Waals surface area contributed by atoms with Crippen LogP contribution in [0.25, 0.3) is 6.08 Å². The van der Waals surface area contributed by atoms with Crippen molar-refractivity contribution in [1.29, 1.82) is 0 Å². The van der Waals surface area contributed by atoms with E-state index in [0.29, 0.717) is 37.4 Å². The van der Waals surface area contributed by atoms with E-state index in [1.807, 2.05) is 42.5 Å². The van der Waals surface area contributed by atoms with Gasteiger partial charge in [0.25, 0.3) is 17.7 Å². The van der Waals surface area contributed by atoms with Crippen molar-refractivity contribution in [2.24, 2.45) is 5.10 Å². The normalized spacial score (nSPS) is 13.3. The molecule has 0 saturated heterocycles. The van der Waals surface area contributed by atoms with Gasteiger partial charge in [-0.3, -0.25) is 19.2 Å². The molecule has 1 aliphatic rings. The molecule has 9 nitrogen and oxygen atoms in total. The van der Waals surface area contributed by atoms with Gasteiger partial charge in [0.15, 0.2) is 0 Å². The van der Waals surface area contributed by atoms with E-state index in [1.165, 1.54) is 22.8 Å². The van der Waals surface area contributed by atoms with Crippen molar-refractivity contribution >= 4 is 81.9 Å². The lowest BCUT2D eigenvalue weighted by molar-refractivity contribution is -0.119. The number of para-hydroxylation sites is 1. The summed E-state index contributed by atoms with van der Waals surface area (Å²) in [5.74, 6) is -1.50. The summed E-state index contributed by atoms with van der Waals surface area (Å²) in [4.78, 5) is 54.0. The predicted octanol–water partition coefficient (Wildman–Crippen LogP) is 8.10. The summed E-state index contributed by atoms with van der Waals surface area (Å²) in [6, 6.07) is 38.6. The molecule has 1 unspecified atom stereocenters. The fraction of sp³-hybridized carbons (Fsp3) is 0.0513. The second-order valence-corrected chi connectivity index (χ2v) is 13.2. The van der Waals surface area contributed by atoms with Gasteiger partial charge in [-0.05, 0) is 66.2 Å². The molecule has 6 rings (SSSR count). The molecule has 4 amide bonds. The topological polar surface area (TPSA) is 120 Å². The molecule has 12 heteroatoms. The second-order valence-electron chi connectivity index (χ2n) is 11.2. The molecule has 1 atom stereocenters. The lowest BCUT2D eigenvalue weighted by Gasteiger charge is -2.17. The third-order valence-electron chi connectivity index (χ3n) is 7.55. The molecule has 51 heavy (non-hydrogen) atoms. The molecule has 5 aromatic carbocycles. The fourth-order valence-electron chi connectivity index (χ4n) is 5.10. The largest absolute Gasteiger partial charge is 0.321 e. The Morgan fingerprint density at radius 1 is 0.765 bits per heavy atom. The van der Waals surface area contributed by atoms with Crippen molar-refractivity contribution in [3.8, 4) is 0 Å². The lowest BCUT2D eigenvalue weighted by atomic mass is 10.1. The number of halogens is 2. The maximum Gasteiger partial charge on any atom is 0.272 e. The van der Waals surface area contributed by atoms with Gasteiger partial charge in [0, 0.05) is 31.8 Å². The Bertz CT molecular complexity index is 2130. The summed E-state index contributed by atoms with van der Waals surface area (Å²) in [5.41, 5.74) is 2.37. The van der Waals surface area contributed by atoms with E-state index in [4.69, 9.17) is 23.2 Å². The van der Waals surface area contributed by atoms with Crippen LogP contribution in [0.1, 0.15) is 33.2 Å². The van der Waals surface area contributed by atoms with Crippen LogP contribution in [0.4, 0.5) is 11.4 Å². The van der Waals surface area contributed by atoms with Crippen LogP contribution in [0.2, 0.25) is 10.0 Å². The van der Waals surface area contributed by atoms with Crippen molar-refractivity contribution in [3.05, 3.63) is 166 Å². The molecule has 5 aromatic rings. The highest BCUT2D eigenvalue weighted by Gasteiger charge is 2.30. The maximum absolute atomic E-state index is 13.8. The Balaban J connectivity index is 1.23. The molecule has 0 bridgehead atoms. The van der Waals surface area contributed by atoms with E-state index >= 15 is 0 Å². The van der Waals surface area contributed by atoms with Gasteiger partial charge in [-0.1, -0.05) is 102 Å². The molecular weight excluding hydrogens is 705 g/mol. The predicted molar refractivity (Wildman–Crippen MR) is 203 cm³/mol. The third-order valence-corrected chi connectivity index (χ3v) is 9.45. The van der Waals surface area contributed by atoms with E-state index in [9.17, 15) is 19.2 Å². The molecule has 254 valence electrons. The first kappa shape index (κ1) is 35.2. The summed E-state index contributed by atoms with van der Waals surface area (Å²) in [6.45, 7) is 0. The molecular formula is C39H29Cl2N5O4S. The van der Waals surface area contributed by atoms with Crippen LogP contribution in [-0.4, -0.2) is 29.5 Å². The zero-order valence-electron chi connectivity index (χ0n) is 26.8. The molecule has 1 aliphatic heterocycles. The zero-order chi connectivity index (χ0) is 35.7. The Kier molecular flexibility index (Phi) is 11.3. The maximum atomic E-state index is 13.8. The summed E-state index contributed by atoms with van der Waals surface area (Å²) in [5, 5.41) is 13.9. The van der Waals surface area contributed by atoms with Gasteiger partial charge in [-0.2, -0.15) is 10.1 Å². The van der Waals surface area contributed by atoms with Gasteiger partial charge >= 0.3 is 0 Å². The number of thioether (sulfide) groups is 1. The molecule has 0 fully saturated rings. The van der Waals surface area contributed by atoms with Gasteiger partial charge in [0.1, 0.15) is 16.8 Å². The first-order valence-corrected chi connectivity index (χ1v) is 17.3. The number of hydrogen-bond donors (Lipinski definition) is 3. The number of amides is 4. The number of nitrogens with one attached hydrogen (secondary N) is 3. The van der Waals surface area contributed by atoms with E-state index in [1.54, 1.807) is 91.0 Å². The van der Waals surface area contributed by atoms with Crippen molar-refractivity contribution in [3.63, 3.8) is 0 Å². The highest BCUT2D eigenvalue weighted by Crippen LogP contribution is 2.37. The summed E-state index contributed by atoms with van der Waals surface area (Å²) in [6.07, 6.45) is 1.37. The Morgan fingerprint density at radius 2 is 1.39 bits per heavy atom.